The zero-order valence-corrected chi connectivity index (χ0v) is 12.5. The predicted molar refractivity (Wildman–Crippen MR) is 76.0 cm³/mol. The second-order valence-electron chi connectivity index (χ2n) is 6.11. The van der Waals surface area contributed by atoms with Gasteiger partial charge in [0.15, 0.2) is 0 Å². The Hall–Kier alpha value is -1.34. The molecule has 3 atom stereocenters. The van der Waals surface area contributed by atoms with Gasteiger partial charge in [-0.3, -0.25) is 4.99 Å². The van der Waals surface area contributed by atoms with E-state index < -0.39 is 23.3 Å². The number of alkyl halides is 2. The van der Waals surface area contributed by atoms with Crippen molar-refractivity contribution in [3.63, 3.8) is 0 Å². The van der Waals surface area contributed by atoms with Crippen LogP contribution < -0.4 is 5.32 Å². The van der Waals surface area contributed by atoms with Crippen LogP contribution in [0.25, 0.3) is 0 Å². The Kier molecular flexibility index (Phi) is 4.03. The lowest BCUT2D eigenvalue weighted by Crippen LogP contribution is -2.65. The molecule has 0 radical (unpaired) electrons. The number of nitrogens with zero attached hydrogens (tertiary/aromatic N) is 1. The molecule has 0 aromatic carbocycles. The number of carbonyl (C=O) groups excluding carboxylic acids is 1. The maximum absolute atomic E-state index is 14.1. The van der Waals surface area contributed by atoms with Crippen LogP contribution in [0.15, 0.2) is 17.3 Å². The summed E-state index contributed by atoms with van der Waals surface area (Å²) in [6.07, 6.45) is 1.38. The molecule has 3 aliphatic heterocycles. The molecule has 3 heterocycles. The number of rotatable bonds is 4. The number of hydrogen-bond acceptors (Lipinski definition) is 5. The van der Waals surface area contributed by atoms with E-state index in [9.17, 15) is 13.6 Å². The average Bonchev–Trinajstić information content (AvgIpc) is 2.83. The van der Waals surface area contributed by atoms with E-state index in [-0.39, 0.29) is 31.4 Å². The van der Waals surface area contributed by atoms with Gasteiger partial charge in [0.05, 0.1) is 30.8 Å². The van der Waals surface area contributed by atoms with Crippen LogP contribution in [-0.4, -0.2) is 49.5 Å². The first kappa shape index (κ1) is 15.6. The smallest absolute Gasteiger partial charge is 0.352 e. The van der Waals surface area contributed by atoms with Crippen molar-refractivity contribution < 1.29 is 23.0 Å². The average molecular weight is 314 g/mol. The van der Waals surface area contributed by atoms with E-state index >= 15 is 0 Å². The number of aliphatic imine (C=N–C) groups is 1. The molecule has 0 aromatic heterocycles. The van der Waals surface area contributed by atoms with Gasteiger partial charge in [-0.2, -0.15) is 0 Å². The molecule has 0 saturated carbocycles. The van der Waals surface area contributed by atoms with E-state index in [4.69, 9.17) is 9.47 Å². The summed E-state index contributed by atoms with van der Waals surface area (Å²) >= 11 is 0. The largest absolute Gasteiger partial charge is 0.462 e. The summed E-state index contributed by atoms with van der Waals surface area (Å²) in [7, 11) is 0. The van der Waals surface area contributed by atoms with Crippen molar-refractivity contribution in [2.24, 2.45) is 10.4 Å². The van der Waals surface area contributed by atoms with Crippen molar-refractivity contribution in [2.75, 3.05) is 19.8 Å². The van der Waals surface area contributed by atoms with Crippen LogP contribution >= 0.6 is 0 Å². The molecule has 7 heteroatoms. The van der Waals surface area contributed by atoms with E-state index in [1.54, 1.807) is 6.92 Å². The molecule has 0 spiro atoms. The van der Waals surface area contributed by atoms with E-state index in [1.165, 1.54) is 12.3 Å². The quantitative estimate of drug-likeness (QED) is 0.802. The first-order chi connectivity index (χ1) is 10.5. The van der Waals surface area contributed by atoms with E-state index in [0.717, 1.165) is 6.42 Å². The minimum atomic E-state index is -2.63. The highest BCUT2D eigenvalue weighted by Crippen LogP contribution is 2.50. The van der Waals surface area contributed by atoms with Gasteiger partial charge in [-0.25, -0.2) is 13.6 Å². The summed E-state index contributed by atoms with van der Waals surface area (Å²) in [5, 5.41) is 3.32. The number of esters is 1. The molecule has 0 aliphatic carbocycles. The summed E-state index contributed by atoms with van der Waals surface area (Å²) in [5.74, 6) is -0.625. The molecule has 1 N–H and O–H groups in total. The Morgan fingerprint density at radius 3 is 3.18 bits per heavy atom. The van der Waals surface area contributed by atoms with Gasteiger partial charge in [-0.15, -0.1) is 0 Å². The first-order valence-electron chi connectivity index (χ1n) is 7.58. The van der Waals surface area contributed by atoms with Crippen molar-refractivity contribution in [1.29, 1.82) is 0 Å². The second kappa shape index (κ2) is 5.70. The van der Waals surface area contributed by atoms with Crippen molar-refractivity contribution in [2.45, 2.75) is 44.2 Å². The highest BCUT2D eigenvalue weighted by molar-refractivity contribution is 6.37. The van der Waals surface area contributed by atoms with Crippen molar-refractivity contribution in [3.05, 3.63) is 12.3 Å². The van der Waals surface area contributed by atoms with E-state index in [1.807, 2.05) is 0 Å². The molecule has 3 rings (SSSR count). The Morgan fingerprint density at radius 2 is 2.45 bits per heavy atom. The second-order valence-corrected chi connectivity index (χ2v) is 6.11. The number of carbonyl (C=O) groups is 1. The number of hydrogen-bond donors (Lipinski definition) is 1. The number of nitrogens with one attached hydrogen (secondary N) is 1. The fraction of sp³-hybridized carbons (Fsp3) is 0.733. The van der Waals surface area contributed by atoms with Crippen LogP contribution in [0.2, 0.25) is 0 Å². The molecule has 2 saturated heterocycles. The lowest BCUT2D eigenvalue weighted by Gasteiger charge is -2.49. The Balaban J connectivity index is 1.92. The monoisotopic (exact) mass is 314 g/mol. The molecule has 0 amide bonds. The third-order valence-electron chi connectivity index (χ3n) is 4.92. The van der Waals surface area contributed by atoms with Gasteiger partial charge in [0.1, 0.15) is 5.71 Å². The molecule has 0 aromatic rings. The fourth-order valence-corrected chi connectivity index (χ4v) is 3.74. The van der Waals surface area contributed by atoms with Gasteiger partial charge in [0, 0.05) is 18.7 Å². The summed E-state index contributed by atoms with van der Waals surface area (Å²) < 4.78 is 38.6. The van der Waals surface area contributed by atoms with Crippen LogP contribution in [0.3, 0.4) is 0 Å². The summed E-state index contributed by atoms with van der Waals surface area (Å²) in [6, 6.07) is 0.0997. The number of ether oxygens (including phenoxy) is 2. The highest BCUT2D eigenvalue weighted by atomic mass is 19.3. The number of morpholine rings is 1. The fourth-order valence-electron chi connectivity index (χ4n) is 3.74. The van der Waals surface area contributed by atoms with Crippen molar-refractivity contribution in [1.82, 2.24) is 5.32 Å². The highest BCUT2D eigenvalue weighted by Gasteiger charge is 2.61. The first-order valence-corrected chi connectivity index (χ1v) is 7.58. The van der Waals surface area contributed by atoms with Gasteiger partial charge < -0.3 is 14.8 Å². The van der Waals surface area contributed by atoms with Gasteiger partial charge in [0.2, 0.25) is 6.43 Å². The molecular formula is C15H20F2N2O3. The van der Waals surface area contributed by atoms with Gasteiger partial charge in [-0.1, -0.05) is 6.08 Å². The number of fused-ring (bicyclic) bond motifs is 2. The SMILES string of the molecule is CCOC(=O)C1=NC=CC(C(F)F)(C23CCC(COC2)N3)C1. The predicted octanol–water partition coefficient (Wildman–Crippen LogP) is 1.68. The van der Waals surface area contributed by atoms with Gasteiger partial charge in [0.25, 0.3) is 0 Å². The van der Waals surface area contributed by atoms with Crippen LogP contribution in [0.5, 0.6) is 0 Å². The summed E-state index contributed by atoms with van der Waals surface area (Å²) in [4.78, 5) is 15.9. The zero-order valence-electron chi connectivity index (χ0n) is 12.5. The van der Waals surface area contributed by atoms with Crippen LogP contribution in [0.4, 0.5) is 8.78 Å². The number of halogens is 2. The van der Waals surface area contributed by atoms with E-state index in [2.05, 4.69) is 10.3 Å². The molecular weight excluding hydrogens is 294 g/mol. The standard InChI is InChI=1S/C15H20F2N2O3/c1-2-22-12(20)11-7-14(13(16)17,5-6-18-11)15-4-3-10(19-15)8-21-9-15/h5-6,10,13,19H,2-4,7-9H2,1H3. The molecule has 3 aliphatic rings. The van der Waals surface area contributed by atoms with Gasteiger partial charge >= 0.3 is 5.97 Å². The normalized spacial score (nSPS) is 37.3. The van der Waals surface area contributed by atoms with Gasteiger partial charge in [-0.05, 0) is 19.8 Å². The maximum atomic E-state index is 14.1. The molecule has 5 nitrogen and oxygen atoms in total. The zero-order chi connectivity index (χ0) is 15.8. The van der Waals surface area contributed by atoms with Crippen molar-refractivity contribution in [3.8, 4) is 0 Å². The van der Waals surface area contributed by atoms with Crippen LogP contribution in [0.1, 0.15) is 26.2 Å². The third-order valence-corrected chi connectivity index (χ3v) is 4.92. The Bertz CT molecular complexity index is 519. The van der Waals surface area contributed by atoms with Crippen LogP contribution in [0, 0.1) is 5.41 Å². The maximum Gasteiger partial charge on any atom is 0.352 e. The summed E-state index contributed by atoms with van der Waals surface area (Å²) in [5.41, 5.74) is -2.30. The Labute approximate surface area is 127 Å². The molecule has 3 unspecified atom stereocenters. The Morgan fingerprint density at radius 1 is 1.64 bits per heavy atom. The molecule has 2 fully saturated rings. The minimum Gasteiger partial charge on any atom is -0.462 e. The molecule has 122 valence electrons. The van der Waals surface area contributed by atoms with Crippen LogP contribution in [-0.2, 0) is 14.3 Å². The third kappa shape index (κ3) is 2.27. The lowest BCUT2D eigenvalue weighted by atomic mass is 9.65. The molecule has 2 bridgehead atoms. The topological polar surface area (TPSA) is 59.9 Å². The minimum absolute atomic E-state index is 0.0508. The van der Waals surface area contributed by atoms with Crippen molar-refractivity contribution >= 4 is 11.7 Å². The summed E-state index contributed by atoms with van der Waals surface area (Å²) in [6.45, 7) is 2.63. The van der Waals surface area contributed by atoms with E-state index in [0.29, 0.717) is 13.0 Å². The molecule has 22 heavy (non-hydrogen) atoms. The lowest BCUT2D eigenvalue weighted by molar-refractivity contribution is -0.135.